The molecular weight excluding hydrogens is 140 g/mol. The van der Waals surface area contributed by atoms with Crippen LogP contribution in [0, 0.1) is 0 Å². The topological polar surface area (TPSA) is 28.7 Å². The molecule has 0 aliphatic heterocycles. The van der Waals surface area contributed by atoms with Crippen LogP contribution >= 0.6 is 0 Å². The van der Waals surface area contributed by atoms with Crippen molar-refractivity contribution in [1.29, 1.82) is 0 Å². The molecule has 0 saturated carbocycles. The second kappa shape index (κ2) is 3.13. The number of hydrogen-bond donors (Lipinski definition) is 1. The summed E-state index contributed by atoms with van der Waals surface area (Å²) >= 11 is 0. The Morgan fingerprint density at radius 1 is 1.40 bits per heavy atom. The van der Waals surface area contributed by atoms with Gasteiger partial charge in [0, 0.05) is 12.4 Å². The van der Waals surface area contributed by atoms with E-state index in [9.17, 15) is 13.2 Å². The average molecular weight is 144 g/mol. The molecule has 52 valence electrons. The maximum absolute atomic E-state index is 11.5. The fraction of sp³-hybridized carbons (Fsp3) is 0.250. The van der Waals surface area contributed by atoms with Gasteiger partial charge in [0.2, 0.25) is 5.82 Å². The van der Waals surface area contributed by atoms with Crippen molar-refractivity contribution in [1.82, 2.24) is 9.97 Å². The van der Waals surface area contributed by atoms with E-state index >= 15 is 0 Å². The predicted octanol–water partition coefficient (Wildman–Crippen LogP) is 0.780. The number of hydrogen-bond acceptors (Lipinski definition) is 1. The zero-order valence-corrected chi connectivity index (χ0v) is 4.24. The van der Waals surface area contributed by atoms with E-state index in [1.807, 2.05) is 4.98 Å². The number of alkyl halides is 3. The van der Waals surface area contributed by atoms with Gasteiger partial charge in [-0.15, -0.1) is 0 Å². The van der Waals surface area contributed by atoms with Gasteiger partial charge < -0.3 is 4.98 Å². The van der Waals surface area contributed by atoms with E-state index in [1.54, 1.807) is 0 Å². The number of halogens is 3. The summed E-state index contributed by atoms with van der Waals surface area (Å²) in [4.78, 5) is 4.95. The van der Waals surface area contributed by atoms with Gasteiger partial charge >= 0.3 is 25.0 Å². The van der Waals surface area contributed by atoms with E-state index < -0.39 is 12.0 Å². The predicted molar refractivity (Wildman–Crippen MR) is 30.7 cm³/mol. The molecule has 1 rings (SSSR count). The van der Waals surface area contributed by atoms with Gasteiger partial charge in [-0.1, -0.05) is 0 Å². The molecule has 0 aromatic carbocycles. The summed E-state index contributed by atoms with van der Waals surface area (Å²) < 4.78 is 34.6. The van der Waals surface area contributed by atoms with Crippen LogP contribution < -0.4 is 0 Å². The van der Waals surface area contributed by atoms with Crippen molar-refractivity contribution in [3.63, 3.8) is 0 Å². The van der Waals surface area contributed by atoms with Crippen LogP contribution in [0.25, 0.3) is 0 Å². The third kappa shape index (κ3) is 2.08. The molecule has 0 fully saturated rings. The summed E-state index contributed by atoms with van der Waals surface area (Å²) in [5.74, 6) is -0.956. The summed E-state index contributed by atoms with van der Waals surface area (Å²) in [6, 6.07) is 0. The number of rotatable bonds is 0. The maximum atomic E-state index is 11.5. The zero-order valence-electron chi connectivity index (χ0n) is 4.24. The van der Waals surface area contributed by atoms with Crippen LogP contribution in [0.4, 0.5) is 13.2 Å². The monoisotopic (exact) mass is 144 g/mol. The van der Waals surface area contributed by atoms with Crippen molar-refractivity contribution in [2.45, 2.75) is 6.18 Å². The number of aromatic nitrogens is 2. The molecule has 6 heteroatoms. The van der Waals surface area contributed by atoms with Gasteiger partial charge in [-0.2, -0.15) is 13.2 Å². The van der Waals surface area contributed by atoms with Crippen LogP contribution in [0.15, 0.2) is 12.4 Å². The molecule has 0 aliphatic rings. The van der Waals surface area contributed by atoms with Crippen molar-refractivity contribution < 1.29 is 13.2 Å². The average Bonchev–Trinajstić information content (AvgIpc) is 2.08. The van der Waals surface area contributed by atoms with E-state index in [4.69, 9.17) is 0 Å². The Kier molecular flexibility index (Phi) is 3.00. The number of H-pyrrole nitrogens is 1. The number of aromatic amines is 1. The summed E-state index contributed by atoms with van der Waals surface area (Å²) in [5.41, 5.74) is 0. The molecule has 0 radical (unpaired) electrons. The molecule has 1 N–H and O–H groups in total. The van der Waals surface area contributed by atoms with Gasteiger partial charge in [-0.3, -0.25) is 0 Å². The molecule has 1 heterocycles. The van der Waals surface area contributed by atoms with Crippen molar-refractivity contribution in [3.05, 3.63) is 18.2 Å². The third-order valence-electron chi connectivity index (χ3n) is 0.767. The molecule has 0 saturated heterocycles. The molecule has 2 nitrogen and oxygen atoms in total. The first-order chi connectivity index (χ1) is 4.11. The Balaban J connectivity index is 0.000000810. The second-order valence-corrected chi connectivity index (χ2v) is 1.44. The molecule has 1 aromatic rings. The Morgan fingerprint density at radius 3 is 2.20 bits per heavy atom. The van der Waals surface area contributed by atoms with Crippen molar-refractivity contribution in [2.24, 2.45) is 0 Å². The molecule has 0 aliphatic carbocycles. The van der Waals surface area contributed by atoms with Crippen molar-refractivity contribution in [2.75, 3.05) is 0 Å². The number of nitrogens with one attached hydrogen (secondary N) is 1. The fourth-order valence-corrected chi connectivity index (χ4v) is 0.420. The van der Waals surface area contributed by atoms with Gasteiger partial charge in [0.05, 0.1) is 0 Å². The second-order valence-electron chi connectivity index (χ2n) is 1.44. The molecule has 0 spiro atoms. The zero-order chi connectivity index (χ0) is 6.91. The van der Waals surface area contributed by atoms with Crippen molar-refractivity contribution in [3.8, 4) is 0 Å². The van der Waals surface area contributed by atoms with Crippen LogP contribution in [-0.2, 0) is 6.18 Å². The minimum absolute atomic E-state index is 0. The summed E-state index contributed by atoms with van der Waals surface area (Å²) in [6.45, 7) is 0. The minimum atomic E-state index is -4.34. The summed E-state index contributed by atoms with van der Waals surface area (Å²) in [7, 11) is 0. The van der Waals surface area contributed by atoms with Gasteiger partial charge in [0.15, 0.2) is 0 Å². The molecule has 1 aromatic heterocycles. The standard InChI is InChI=1S/C4H3F3N2.Li.H/c5-4(6,7)3-8-1-2-9-3;;/h1-2H,(H,8,9);;. The first-order valence-electron chi connectivity index (χ1n) is 2.17. The normalized spacial score (nSPS) is 10.7. The van der Waals surface area contributed by atoms with E-state index in [-0.39, 0.29) is 18.9 Å². The van der Waals surface area contributed by atoms with Gasteiger partial charge in [-0.05, 0) is 0 Å². The van der Waals surface area contributed by atoms with Gasteiger partial charge in [-0.25, -0.2) is 4.98 Å². The van der Waals surface area contributed by atoms with Crippen LogP contribution in [0.5, 0.6) is 0 Å². The third-order valence-corrected chi connectivity index (χ3v) is 0.767. The van der Waals surface area contributed by atoms with Crippen molar-refractivity contribution >= 4 is 18.9 Å². The van der Waals surface area contributed by atoms with Crippen LogP contribution in [0.2, 0.25) is 0 Å². The SMILES string of the molecule is FC(F)(F)c1ncc[nH]1.[LiH]. The molecule has 0 bridgehead atoms. The molecule has 0 amide bonds. The molecule has 10 heavy (non-hydrogen) atoms. The summed E-state index contributed by atoms with van der Waals surface area (Å²) in [5, 5.41) is 0. The van der Waals surface area contributed by atoms with Gasteiger partial charge in [0.1, 0.15) is 0 Å². The van der Waals surface area contributed by atoms with Crippen LogP contribution in [-0.4, -0.2) is 28.8 Å². The van der Waals surface area contributed by atoms with E-state index in [0.717, 1.165) is 12.4 Å². The fourth-order valence-electron chi connectivity index (χ4n) is 0.420. The Labute approximate surface area is 67.0 Å². The van der Waals surface area contributed by atoms with E-state index in [0.29, 0.717) is 0 Å². The Hall–Kier alpha value is -0.403. The Bertz CT molecular complexity index is 181. The van der Waals surface area contributed by atoms with E-state index in [2.05, 4.69) is 4.98 Å². The summed E-state index contributed by atoms with van der Waals surface area (Å²) in [6.07, 6.45) is -2.16. The van der Waals surface area contributed by atoms with Gasteiger partial charge in [0.25, 0.3) is 0 Å². The van der Waals surface area contributed by atoms with E-state index in [1.165, 1.54) is 0 Å². The molecular formula is C4H4F3LiN2. The number of nitrogens with zero attached hydrogens (tertiary/aromatic N) is 1. The first-order valence-corrected chi connectivity index (χ1v) is 2.17. The quantitative estimate of drug-likeness (QED) is 0.535. The van der Waals surface area contributed by atoms with Crippen LogP contribution in [0.3, 0.4) is 0 Å². The molecule has 0 unspecified atom stereocenters. The molecule has 0 atom stereocenters. The Morgan fingerprint density at radius 2 is 2.00 bits per heavy atom. The van der Waals surface area contributed by atoms with Crippen LogP contribution in [0.1, 0.15) is 5.82 Å². The number of imidazole rings is 1. The first kappa shape index (κ1) is 9.60.